The van der Waals surface area contributed by atoms with Crippen LogP contribution in [0.1, 0.15) is 18.1 Å². The van der Waals surface area contributed by atoms with Crippen LogP contribution in [0, 0.1) is 23.3 Å². The molecule has 2 N–H and O–H groups in total. The van der Waals surface area contributed by atoms with Crippen LogP contribution in [0.2, 0.25) is 0 Å². The molecule has 9 nitrogen and oxygen atoms in total. The molecule has 3 aromatic carbocycles. The molecule has 0 fully saturated rings. The van der Waals surface area contributed by atoms with Crippen molar-refractivity contribution in [1.29, 1.82) is 0 Å². The Bertz CT molecular complexity index is 1860. The molecule has 2 heterocycles. The summed E-state index contributed by atoms with van der Waals surface area (Å²) in [6.07, 6.45) is -5.12. The molecule has 16 heteroatoms. The van der Waals surface area contributed by atoms with Gasteiger partial charge in [-0.2, -0.15) is 18.2 Å². The molecule has 0 saturated heterocycles. The third kappa shape index (κ3) is 6.74. The minimum Gasteiger partial charge on any atom is -0.353 e. The van der Waals surface area contributed by atoms with Crippen molar-refractivity contribution in [2.45, 2.75) is 26.1 Å². The number of benzene rings is 3. The van der Waals surface area contributed by atoms with E-state index in [2.05, 4.69) is 20.6 Å². The van der Waals surface area contributed by atoms with Gasteiger partial charge in [0.2, 0.25) is 5.95 Å². The van der Waals surface area contributed by atoms with Gasteiger partial charge in [-0.05, 0) is 62.5 Å². The fraction of sp³-hybridized carbons (Fsp3) is 0.250. The number of alkyl halides is 3. The van der Waals surface area contributed by atoms with Crippen molar-refractivity contribution >= 4 is 40.8 Å². The highest BCUT2D eigenvalue weighted by Gasteiger charge is 2.44. The minimum absolute atomic E-state index is 0.0671. The summed E-state index contributed by atoms with van der Waals surface area (Å²) in [5.74, 6) is -7.59. The van der Waals surface area contributed by atoms with Crippen LogP contribution < -0.4 is 20.4 Å². The second-order valence-electron chi connectivity index (χ2n) is 10.9. The third-order valence-corrected chi connectivity index (χ3v) is 7.41. The summed E-state index contributed by atoms with van der Waals surface area (Å²) in [5.41, 5.74) is -0.774. The van der Waals surface area contributed by atoms with Crippen molar-refractivity contribution in [1.82, 2.24) is 20.2 Å². The number of amides is 3. The first-order chi connectivity index (χ1) is 22.7. The Morgan fingerprint density at radius 1 is 0.938 bits per heavy atom. The van der Waals surface area contributed by atoms with Crippen molar-refractivity contribution in [2.24, 2.45) is 0 Å². The van der Waals surface area contributed by atoms with Gasteiger partial charge in [0.15, 0.2) is 17.5 Å². The molecule has 4 aromatic rings. The first-order valence-corrected chi connectivity index (χ1v) is 14.5. The lowest BCUT2D eigenvalue weighted by molar-refractivity contribution is -0.169. The van der Waals surface area contributed by atoms with Crippen LogP contribution in [0.4, 0.5) is 64.4 Å². The molecule has 0 spiro atoms. The highest BCUT2D eigenvalue weighted by atomic mass is 19.4. The maximum Gasteiger partial charge on any atom is 0.472 e. The lowest BCUT2D eigenvalue weighted by Gasteiger charge is -2.31. The number of nitrogens with zero attached hydrogens (tertiary/aromatic N) is 5. The Balaban J connectivity index is 1.77. The quantitative estimate of drug-likeness (QED) is 0.189. The fourth-order valence-corrected chi connectivity index (χ4v) is 5.13. The smallest absolute Gasteiger partial charge is 0.353 e. The summed E-state index contributed by atoms with van der Waals surface area (Å²) in [4.78, 5) is 37.7. The lowest BCUT2D eigenvalue weighted by Crippen LogP contribution is -2.43. The van der Waals surface area contributed by atoms with Crippen LogP contribution >= 0.6 is 0 Å². The van der Waals surface area contributed by atoms with Crippen LogP contribution in [0.5, 0.6) is 0 Å². The Hall–Kier alpha value is -5.25. The van der Waals surface area contributed by atoms with Crippen LogP contribution in [0.3, 0.4) is 0 Å². The molecule has 1 aliphatic rings. The summed E-state index contributed by atoms with van der Waals surface area (Å²) in [5, 5.41) is 5.54. The van der Waals surface area contributed by atoms with Gasteiger partial charge in [-0.25, -0.2) is 32.2 Å². The van der Waals surface area contributed by atoms with Crippen molar-refractivity contribution in [2.75, 3.05) is 42.3 Å². The molecule has 3 amide bonds. The number of carbonyl (C=O) groups is 2. The molecule has 0 atom stereocenters. The maximum atomic E-state index is 15.1. The first kappa shape index (κ1) is 34.1. The number of urea groups is 1. The number of para-hydroxylation sites is 1. The largest absolute Gasteiger partial charge is 0.472 e. The van der Waals surface area contributed by atoms with Gasteiger partial charge < -0.3 is 15.5 Å². The zero-order chi connectivity index (χ0) is 34.9. The number of anilines is 5. The van der Waals surface area contributed by atoms with E-state index in [9.17, 15) is 31.5 Å². The molecule has 5 rings (SSSR count). The van der Waals surface area contributed by atoms with Gasteiger partial charge in [0.1, 0.15) is 17.3 Å². The maximum absolute atomic E-state index is 15.1. The Kier molecular flexibility index (Phi) is 9.57. The number of hydrogen-bond donors (Lipinski definition) is 2. The summed E-state index contributed by atoms with van der Waals surface area (Å²) in [7, 11) is 3.63. The molecule has 0 radical (unpaired) electrons. The molecule has 0 aliphatic carbocycles. The van der Waals surface area contributed by atoms with E-state index in [-0.39, 0.29) is 52.3 Å². The fourth-order valence-electron chi connectivity index (χ4n) is 5.13. The number of aryl methyl sites for hydroxylation is 1. The van der Waals surface area contributed by atoms with E-state index >= 15 is 8.78 Å². The third-order valence-electron chi connectivity index (χ3n) is 7.41. The summed E-state index contributed by atoms with van der Waals surface area (Å²) >= 11 is 0. The molecule has 252 valence electrons. The molecule has 0 saturated carbocycles. The second kappa shape index (κ2) is 13.5. The van der Waals surface area contributed by atoms with Gasteiger partial charge >= 0.3 is 18.1 Å². The number of fused-ring (bicyclic) bond motifs is 1. The van der Waals surface area contributed by atoms with E-state index in [1.807, 2.05) is 19.0 Å². The highest BCUT2D eigenvalue weighted by Crippen LogP contribution is 2.41. The molecule has 1 aliphatic heterocycles. The van der Waals surface area contributed by atoms with Gasteiger partial charge in [-0.3, -0.25) is 9.69 Å². The van der Waals surface area contributed by atoms with Crippen molar-refractivity contribution < 1.29 is 40.3 Å². The van der Waals surface area contributed by atoms with E-state index in [1.165, 1.54) is 18.2 Å². The number of rotatable bonds is 9. The van der Waals surface area contributed by atoms with E-state index < -0.39 is 52.8 Å². The van der Waals surface area contributed by atoms with Crippen LogP contribution in [0.25, 0.3) is 11.3 Å². The summed E-state index contributed by atoms with van der Waals surface area (Å²) in [6, 6.07) is 7.87. The first-order valence-electron chi connectivity index (χ1n) is 14.5. The average molecular weight is 676 g/mol. The second-order valence-corrected chi connectivity index (χ2v) is 10.9. The van der Waals surface area contributed by atoms with Gasteiger partial charge in [0, 0.05) is 36.0 Å². The van der Waals surface area contributed by atoms with Crippen LogP contribution in [-0.4, -0.2) is 60.2 Å². The predicted octanol–water partition coefficient (Wildman–Crippen LogP) is 6.82. The Labute approximate surface area is 270 Å². The number of halogens is 7. The van der Waals surface area contributed by atoms with Crippen molar-refractivity contribution in [3.8, 4) is 11.3 Å². The van der Waals surface area contributed by atoms with E-state index in [1.54, 1.807) is 6.92 Å². The van der Waals surface area contributed by atoms with Gasteiger partial charge in [0.25, 0.3) is 0 Å². The van der Waals surface area contributed by atoms with Crippen LogP contribution in [-0.2, 0) is 17.8 Å². The summed E-state index contributed by atoms with van der Waals surface area (Å²) in [6.45, 7) is 2.30. The SMILES string of the molecule is CCc1ccc(N(C(=O)C(F)(F)F)c2ccc(F)c(F)c2)cc1-c1nc(NCCN(C)C)nc2c1CNC(=O)N2c1c(F)cccc1F. The molecular formula is C32H28F7N7O2. The standard InChI is InChI=1S/C32H28F7N7O2/c1-4-17-8-9-18(45(29(47)32(37,38)39)19-10-11-22(33)25(36)15-19)14-20(17)26-21-16-41-31(48)46(27-23(34)6-5-7-24(27)35)28(21)43-30(42-26)40-12-13-44(2)3/h5-11,14-15H,4,12-13,16H2,1-3H3,(H,41,48)(H,40,42,43). The average Bonchev–Trinajstić information content (AvgIpc) is 3.02. The molecular weight excluding hydrogens is 647 g/mol. The predicted molar refractivity (Wildman–Crippen MR) is 164 cm³/mol. The van der Waals surface area contributed by atoms with Gasteiger partial charge in [-0.1, -0.05) is 19.1 Å². The van der Waals surface area contributed by atoms with Crippen molar-refractivity contribution in [3.05, 3.63) is 89.0 Å². The van der Waals surface area contributed by atoms with E-state index in [0.717, 1.165) is 24.3 Å². The molecule has 0 unspecified atom stereocenters. The van der Waals surface area contributed by atoms with Gasteiger partial charge in [0.05, 0.1) is 17.9 Å². The zero-order valence-corrected chi connectivity index (χ0v) is 25.7. The van der Waals surface area contributed by atoms with Crippen molar-refractivity contribution in [3.63, 3.8) is 0 Å². The number of aromatic nitrogens is 2. The Morgan fingerprint density at radius 3 is 2.23 bits per heavy atom. The molecule has 0 bridgehead atoms. The number of likely N-dealkylation sites (N-methyl/N-ethyl adjacent to an activating group) is 1. The number of nitrogens with one attached hydrogen (secondary N) is 2. The number of carbonyl (C=O) groups excluding carboxylic acids is 2. The minimum atomic E-state index is -5.42. The topological polar surface area (TPSA) is 93.7 Å². The monoisotopic (exact) mass is 675 g/mol. The summed E-state index contributed by atoms with van der Waals surface area (Å²) < 4.78 is 99.7. The molecule has 1 aromatic heterocycles. The Morgan fingerprint density at radius 2 is 1.60 bits per heavy atom. The normalized spacial score (nSPS) is 13.0. The van der Waals surface area contributed by atoms with E-state index in [4.69, 9.17) is 0 Å². The zero-order valence-electron chi connectivity index (χ0n) is 25.7. The highest BCUT2D eigenvalue weighted by molar-refractivity contribution is 6.05. The lowest BCUT2D eigenvalue weighted by atomic mass is 9.96. The van der Waals surface area contributed by atoms with Gasteiger partial charge in [-0.15, -0.1) is 0 Å². The van der Waals surface area contributed by atoms with E-state index in [0.29, 0.717) is 35.6 Å². The van der Waals surface area contributed by atoms with Crippen LogP contribution in [0.15, 0.2) is 54.6 Å². The number of hydrogen-bond acceptors (Lipinski definition) is 6. The molecule has 48 heavy (non-hydrogen) atoms.